The Morgan fingerprint density at radius 2 is 2.25 bits per heavy atom. The number of carboxylic acid groups (broad SMARTS) is 1. The van der Waals surface area contributed by atoms with Crippen LogP contribution in [0.15, 0.2) is 22.7 Å². The number of benzene rings is 1. The number of nitrogens with zero attached hydrogens (tertiary/aromatic N) is 1. The van der Waals surface area contributed by atoms with Crippen molar-refractivity contribution >= 4 is 51.2 Å². The number of amides is 1. The molecule has 0 bridgehead atoms. The van der Waals surface area contributed by atoms with Crippen LogP contribution in [0.25, 0.3) is 0 Å². The minimum Gasteiger partial charge on any atom is -0.480 e. The fourth-order valence-electron chi connectivity index (χ4n) is 2.14. The molecule has 2 atom stereocenters. The highest BCUT2D eigenvalue weighted by Gasteiger charge is 2.41. The summed E-state index contributed by atoms with van der Waals surface area (Å²) in [7, 11) is 0. The van der Waals surface area contributed by atoms with Crippen molar-refractivity contribution in [1.82, 2.24) is 4.90 Å². The van der Waals surface area contributed by atoms with Crippen molar-refractivity contribution in [3.8, 4) is 0 Å². The number of hydrogen-bond donors (Lipinski definition) is 1. The van der Waals surface area contributed by atoms with Gasteiger partial charge >= 0.3 is 5.97 Å². The molecule has 1 amide bonds. The zero-order chi connectivity index (χ0) is 14.9. The number of halogens is 2. The van der Waals surface area contributed by atoms with Gasteiger partial charge in [-0.1, -0.05) is 34.5 Å². The maximum atomic E-state index is 12.6. The van der Waals surface area contributed by atoms with Crippen LogP contribution in [0.2, 0.25) is 5.02 Å². The summed E-state index contributed by atoms with van der Waals surface area (Å²) in [6, 6.07) is 4.18. The Bertz CT molecular complexity index is 554. The molecule has 0 aromatic heterocycles. The van der Waals surface area contributed by atoms with E-state index in [2.05, 4.69) is 15.9 Å². The van der Waals surface area contributed by atoms with Gasteiger partial charge in [-0.15, -0.1) is 11.8 Å². The molecule has 1 N–H and O–H groups in total. The van der Waals surface area contributed by atoms with Crippen molar-refractivity contribution in [2.24, 2.45) is 0 Å². The third-order valence-electron chi connectivity index (χ3n) is 3.12. The Morgan fingerprint density at radius 1 is 1.55 bits per heavy atom. The van der Waals surface area contributed by atoms with E-state index in [-0.39, 0.29) is 11.3 Å². The maximum absolute atomic E-state index is 12.6. The van der Waals surface area contributed by atoms with E-state index in [1.807, 2.05) is 6.92 Å². The number of aliphatic carboxylic acids is 1. The lowest BCUT2D eigenvalue weighted by Crippen LogP contribution is -2.45. The highest BCUT2D eigenvalue weighted by molar-refractivity contribution is 9.10. The van der Waals surface area contributed by atoms with Crippen LogP contribution in [0.3, 0.4) is 0 Å². The average molecular weight is 379 g/mol. The van der Waals surface area contributed by atoms with E-state index in [1.54, 1.807) is 18.2 Å². The second-order valence-corrected chi connectivity index (χ2v) is 6.92. The number of rotatable bonds is 3. The van der Waals surface area contributed by atoms with E-state index in [1.165, 1.54) is 16.7 Å². The Morgan fingerprint density at radius 3 is 2.80 bits per heavy atom. The first-order valence-corrected chi connectivity index (χ1v) is 8.29. The smallest absolute Gasteiger partial charge is 0.327 e. The molecule has 1 aromatic rings. The summed E-state index contributed by atoms with van der Waals surface area (Å²) < 4.78 is 0.775. The van der Waals surface area contributed by atoms with Crippen LogP contribution in [0.5, 0.6) is 0 Å². The molecule has 108 valence electrons. The molecule has 20 heavy (non-hydrogen) atoms. The largest absolute Gasteiger partial charge is 0.480 e. The zero-order valence-electron chi connectivity index (χ0n) is 10.7. The van der Waals surface area contributed by atoms with Crippen molar-refractivity contribution in [2.45, 2.75) is 24.8 Å². The topological polar surface area (TPSA) is 57.6 Å². The van der Waals surface area contributed by atoms with Gasteiger partial charge in [0.25, 0.3) is 5.91 Å². The quantitative estimate of drug-likeness (QED) is 0.875. The minimum absolute atomic E-state index is 0.122. The molecule has 1 heterocycles. The first-order valence-electron chi connectivity index (χ1n) is 6.07. The highest BCUT2D eigenvalue weighted by atomic mass is 79.9. The zero-order valence-corrected chi connectivity index (χ0v) is 13.8. The summed E-state index contributed by atoms with van der Waals surface area (Å²) >= 11 is 10.9. The number of carbonyl (C=O) groups is 2. The van der Waals surface area contributed by atoms with E-state index in [4.69, 9.17) is 11.6 Å². The molecular weight excluding hydrogens is 366 g/mol. The monoisotopic (exact) mass is 377 g/mol. The van der Waals surface area contributed by atoms with Crippen molar-refractivity contribution < 1.29 is 14.7 Å². The molecule has 7 heteroatoms. The fourth-order valence-corrected chi connectivity index (χ4v) is 4.24. The Kier molecular flexibility index (Phi) is 4.99. The first kappa shape index (κ1) is 15.7. The Labute approximate surface area is 134 Å². The Balaban J connectivity index is 2.36. The van der Waals surface area contributed by atoms with Gasteiger partial charge in [0.15, 0.2) is 0 Å². The summed E-state index contributed by atoms with van der Waals surface area (Å²) in [5, 5.41) is 9.46. The number of carbonyl (C=O) groups excluding carboxylic acids is 1. The van der Waals surface area contributed by atoms with Gasteiger partial charge in [-0.2, -0.15) is 0 Å². The molecule has 0 radical (unpaired) electrons. The first-order chi connectivity index (χ1) is 9.45. The van der Waals surface area contributed by atoms with Gasteiger partial charge in [0, 0.05) is 10.2 Å². The van der Waals surface area contributed by atoms with Gasteiger partial charge < -0.3 is 10.0 Å². The molecular formula is C13H13BrClNO3S. The molecule has 1 saturated heterocycles. The van der Waals surface area contributed by atoms with Crippen LogP contribution >= 0.6 is 39.3 Å². The van der Waals surface area contributed by atoms with E-state index in [9.17, 15) is 14.7 Å². The lowest BCUT2D eigenvalue weighted by atomic mass is 10.1. The molecule has 2 rings (SSSR count). The fraction of sp³-hybridized carbons (Fsp3) is 0.385. The van der Waals surface area contributed by atoms with E-state index in [0.29, 0.717) is 22.8 Å². The molecule has 1 fully saturated rings. The van der Waals surface area contributed by atoms with Crippen LogP contribution in [-0.4, -0.2) is 39.1 Å². The summed E-state index contributed by atoms with van der Waals surface area (Å²) in [5.41, 5.74) is 0.335. The summed E-state index contributed by atoms with van der Waals surface area (Å²) in [5.74, 6) is -0.893. The van der Waals surface area contributed by atoms with Crippen molar-refractivity contribution in [3.63, 3.8) is 0 Å². The van der Waals surface area contributed by atoms with Crippen LogP contribution < -0.4 is 0 Å². The number of thioether (sulfide) groups is 1. The standard InChI is InChI=1S/C13H13BrClNO3S/c1-2-11-16(10(6-20-11)13(18)19)12(17)8-4-3-7(14)5-9(8)15/h3-5,10-11H,2,6H2,1H3,(H,18,19). The summed E-state index contributed by atoms with van der Waals surface area (Å²) in [6.45, 7) is 1.94. The van der Waals surface area contributed by atoms with Crippen LogP contribution in [0, 0.1) is 0 Å². The van der Waals surface area contributed by atoms with Crippen molar-refractivity contribution in [2.75, 3.05) is 5.75 Å². The molecule has 2 unspecified atom stereocenters. The van der Waals surface area contributed by atoms with Gasteiger partial charge in [0.2, 0.25) is 0 Å². The summed E-state index contributed by atoms with van der Waals surface area (Å²) in [4.78, 5) is 25.3. The lowest BCUT2D eigenvalue weighted by Gasteiger charge is -2.27. The van der Waals surface area contributed by atoms with Crippen LogP contribution in [0.1, 0.15) is 23.7 Å². The SMILES string of the molecule is CCC1SCC(C(=O)O)N1C(=O)c1ccc(Br)cc1Cl. The Hall–Kier alpha value is -0.720. The average Bonchev–Trinajstić information content (AvgIpc) is 2.81. The normalized spacial score (nSPS) is 22.1. The van der Waals surface area contributed by atoms with Gasteiger partial charge in [-0.3, -0.25) is 4.79 Å². The third-order valence-corrected chi connectivity index (χ3v) is 5.38. The van der Waals surface area contributed by atoms with Crippen molar-refractivity contribution in [3.05, 3.63) is 33.3 Å². The minimum atomic E-state index is -0.977. The van der Waals surface area contributed by atoms with E-state index < -0.39 is 12.0 Å². The second-order valence-electron chi connectivity index (χ2n) is 4.39. The van der Waals surface area contributed by atoms with Gasteiger partial charge in [0.1, 0.15) is 6.04 Å². The summed E-state index contributed by atoms with van der Waals surface area (Å²) in [6.07, 6.45) is 0.703. The number of carboxylic acids is 1. The number of hydrogen-bond acceptors (Lipinski definition) is 3. The third kappa shape index (κ3) is 2.97. The molecule has 0 aliphatic carbocycles. The van der Waals surface area contributed by atoms with Crippen molar-refractivity contribution in [1.29, 1.82) is 0 Å². The van der Waals surface area contributed by atoms with E-state index in [0.717, 1.165) is 4.47 Å². The molecule has 0 spiro atoms. The molecule has 1 aliphatic rings. The highest BCUT2D eigenvalue weighted by Crippen LogP contribution is 2.34. The predicted molar refractivity (Wildman–Crippen MR) is 83.3 cm³/mol. The van der Waals surface area contributed by atoms with E-state index >= 15 is 0 Å². The molecule has 1 aliphatic heterocycles. The predicted octanol–water partition coefficient (Wildman–Crippen LogP) is 3.48. The van der Waals surface area contributed by atoms with Gasteiger partial charge in [0.05, 0.1) is 16.0 Å². The van der Waals surface area contributed by atoms with Crippen LogP contribution in [0.4, 0.5) is 0 Å². The van der Waals surface area contributed by atoms with Crippen LogP contribution in [-0.2, 0) is 4.79 Å². The maximum Gasteiger partial charge on any atom is 0.327 e. The molecule has 1 aromatic carbocycles. The lowest BCUT2D eigenvalue weighted by molar-refractivity contribution is -0.141. The molecule has 4 nitrogen and oxygen atoms in total. The van der Waals surface area contributed by atoms with Gasteiger partial charge in [-0.25, -0.2) is 4.79 Å². The molecule has 0 saturated carbocycles. The second kappa shape index (κ2) is 6.37. The van der Waals surface area contributed by atoms with Gasteiger partial charge in [-0.05, 0) is 24.6 Å².